The lowest BCUT2D eigenvalue weighted by atomic mass is 10.2. The second kappa shape index (κ2) is 11.6. The summed E-state index contributed by atoms with van der Waals surface area (Å²) in [5.41, 5.74) is 4.02. The number of unbranched alkanes of at least 4 members (excludes halogenated alkanes) is 1. The van der Waals surface area contributed by atoms with Gasteiger partial charge in [0.15, 0.2) is 9.84 Å². The normalized spacial score (nSPS) is 15.4. The van der Waals surface area contributed by atoms with E-state index in [9.17, 15) is 8.42 Å². The first-order valence-corrected chi connectivity index (χ1v) is 15.4. The number of sulfone groups is 1. The Morgan fingerprint density at radius 1 is 0.925 bits per heavy atom. The zero-order chi connectivity index (χ0) is 27.4. The molecular formula is C30H32N6O3S. The minimum atomic E-state index is -2.83. The average molecular weight is 557 g/mol. The van der Waals surface area contributed by atoms with E-state index in [1.54, 1.807) is 6.33 Å². The van der Waals surface area contributed by atoms with Crippen molar-refractivity contribution in [3.63, 3.8) is 0 Å². The molecule has 1 aliphatic rings. The summed E-state index contributed by atoms with van der Waals surface area (Å²) >= 11 is 0. The van der Waals surface area contributed by atoms with Crippen LogP contribution in [-0.2, 0) is 16.4 Å². The molecule has 0 atom stereocenters. The van der Waals surface area contributed by atoms with Crippen LogP contribution in [0.15, 0.2) is 79.3 Å². The summed E-state index contributed by atoms with van der Waals surface area (Å²) in [5.74, 6) is 2.05. The van der Waals surface area contributed by atoms with Crippen molar-refractivity contribution < 1.29 is 13.2 Å². The van der Waals surface area contributed by atoms with Crippen molar-refractivity contribution in [1.29, 1.82) is 0 Å². The average Bonchev–Trinajstić information content (AvgIpc) is 3.36. The van der Waals surface area contributed by atoms with Gasteiger partial charge < -0.3 is 15.0 Å². The van der Waals surface area contributed by atoms with Crippen molar-refractivity contribution in [3.8, 4) is 5.75 Å². The van der Waals surface area contributed by atoms with E-state index < -0.39 is 9.84 Å². The number of fused-ring (bicyclic) bond motifs is 2. The molecule has 206 valence electrons. The molecule has 2 aromatic heterocycles. The van der Waals surface area contributed by atoms with Gasteiger partial charge in [-0.2, -0.15) is 5.10 Å². The fourth-order valence-corrected chi connectivity index (χ4v) is 6.29. The summed E-state index contributed by atoms with van der Waals surface area (Å²) in [5, 5.41) is 10.00. The second-order valence-corrected chi connectivity index (χ2v) is 12.4. The molecule has 0 saturated carbocycles. The third kappa shape index (κ3) is 6.24. The highest BCUT2D eigenvalue weighted by atomic mass is 32.2. The molecule has 1 aliphatic heterocycles. The molecule has 0 amide bonds. The number of hydrogen-bond acceptors (Lipinski definition) is 8. The summed E-state index contributed by atoms with van der Waals surface area (Å²) in [6, 6.07) is 22.4. The van der Waals surface area contributed by atoms with Crippen molar-refractivity contribution >= 4 is 43.1 Å². The third-order valence-corrected chi connectivity index (χ3v) is 8.87. The number of hydrogen-bond donors (Lipinski definition) is 1. The lowest BCUT2D eigenvalue weighted by Gasteiger charge is -2.26. The van der Waals surface area contributed by atoms with Gasteiger partial charge in [-0.25, -0.2) is 18.4 Å². The van der Waals surface area contributed by atoms with Crippen LogP contribution in [0.4, 0.5) is 11.5 Å². The molecule has 0 aliphatic carbocycles. The molecule has 3 heterocycles. The van der Waals surface area contributed by atoms with E-state index in [0.717, 1.165) is 65.0 Å². The predicted molar refractivity (Wildman–Crippen MR) is 158 cm³/mol. The Kier molecular flexibility index (Phi) is 7.61. The maximum atomic E-state index is 11.6. The van der Waals surface area contributed by atoms with E-state index in [1.807, 2.05) is 53.3 Å². The van der Waals surface area contributed by atoms with E-state index in [-0.39, 0.29) is 11.5 Å². The van der Waals surface area contributed by atoms with E-state index in [4.69, 9.17) is 4.74 Å². The minimum Gasteiger partial charge on any atom is -0.494 e. The highest BCUT2D eigenvalue weighted by Gasteiger charge is 2.20. The molecule has 3 aromatic carbocycles. The largest absolute Gasteiger partial charge is 0.494 e. The zero-order valence-electron chi connectivity index (χ0n) is 22.2. The number of nitrogens with one attached hydrogen (secondary N) is 1. The lowest BCUT2D eigenvalue weighted by Crippen LogP contribution is -2.40. The molecule has 1 fully saturated rings. The van der Waals surface area contributed by atoms with Crippen LogP contribution in [0.3, 0.4) is 0 Å². The predicted octanol–water partition coefficient (Wildman–Crippen LogP) is 4.66. The molecule has 9 nitrogen and oxygen atoms in total. The van der Waals surface area contributed by atoms with Gasteiger partial charge in [0.05, 0.1) is 41.9 Å². The van der Waals surface area contributed by atoms with Crippen LogP contribution in [0, 0.1) is 0 Å². The number of aromatic nitrogens is 4. The van der Waals surface area contributed by atoms with Gasteiger partial charge in [-0.05, 0) is 55.3 Å². The van der Waals surface area contributed by atoms with Crippen molar-refractivity contribution in [1.82, 2.24) is 24.6 Å². The summed E-state index contributed by atoms with van der Waals surface area (Å²) in [7, 11) is -2.83. The van der Waals surface area contributed by atoms with E-state index in [1.165, 1.54) is 5.56 Å². The minimum absolute atomic E-state index is 0.271. The Balaban J connectivity index is 1.06. The van der Waals surface area contributed by atoms with Gasteiger partial charge in [-0.1, -0.05) is 30.3 Å². The molecule has 10 heteroatoms. The van der Waals surface area contributed by atoms with Gasteiger partial charge in [-0.15, -0.1) is 0 Å². The second-order valence-electron chi connectivity index (χ2n) is 10.1. The summed E-state index contributed by atoms with van der Waals surface area (Å²) in [4.78, 5) is 11.2. The summed E-state index contributed by atoms with van der Waals surface area (Å²) < 4.78 is 31.1. The Hall–Kier alpha value is -4.02. The zero-order valence-corrected chi connectivity index (χ0v) is 23.1. The first-order chi connectivity index (χ1) is 19.5. The number of ether oxygens (including phenoxy) is 1. The molecule has 0 spiro atoms. The first-order valence-electron chi connectivity index (χ1n) is 13.6. The summed E-state index contributed by atoms with van der Waals surface area (Å²) in [6.45, 7) is 3.50. The number of rotatable bonds is 10. The maximum Gasteiger partial charge on any atom is 0.152 e. The van der Waals surface area contributed by atoms with E-state index >= 15 is 0 Å². The van der Waals surface area contributed by atoms with Crippen molar-refractivity contribution in [2.24, 2.45) is 0 Å². The SMILES string of the molecule is O=S1(=O)CCN(CCCCOc2ccc3c(Nc4ccc5c(cnn5Cc5ccccc5)c4)ncnc3c2)CC1. The van der Waals surface area contributed by atoms with Crippen LogP contribution < -0.4 is 10.1 Å². The van der Waals surface area contributed by atoms with Crippen molar-refractivity contribution in [3.05, 3.63) is 84.8 Å². The fraction of sp³-hybridized carbons (Fsp3) is 0.300. The molecule has 1 N–H and O–H groups in total. The highest BCUT2D eigenvalue weighted by Crippen LogP contribution is 2.28. The van der Waals surface area contributed by atoms with Gasteiger partial charge >= 0.3 is 0 Å². The molecule has 6 rings (SSSR count). The molecule has 40 heavy (non-hydrogen) atoms. The Morgan fingerprint density at radius 3 is 2.62 bits per heavy atom. The number of anilines is 2. The smallest absolute Gasteiger partial charge is 0.152 e. The van der Waals surface area contributed by atoms with Gasteiger partial charge in [0, 0.05) is 35.6 Å². The third-order valence-electron chi connectivity index (χ3n) is 7.26. The highest BCUT2D eigenvalue weighted by molar-refractivity contribution is 7.91. The molecule has 0 unspecified atom stereocenters. The molecule has 0 radical (unpaired) electrons. The Labute approximate surface area is 233 Å². The van der Waals surface area contributed by atoms with Gasteiger partial charge in [-0.3, -0.25) is 4.68 Å². The van der Waals surface area contributed by atoms with Crippen LogP contribution in [0.5, 0.6) is 5.75 Å². The van der Waals surface area contributed by atoms with Crippen LogP contribution in [0.25, 0.3) is 21.8 Å². The fourth-order valence-electron chi connectivity index (χ4n) is 5.01. The van der Waals surface area contributed by atoms with Crippen molar-refractivity contribution in [2.45, 2.75) is 19.4 Å². The molecule has 0 bridgehead atoms. The van der Waals surface area contributed by atoms with Crippen LogP contribution in [0.1, 0.15) is 18.4 Å². The van der Waals surface area contributed by atoms with E-state index in [0.29, 0.717) is 19.7 Å². The Bertz CT molecular complexity index is 1710. The molecule has 5 aromatic rings. The quantitative estimate of drug-likeness (QED) is 0.248. The van der Waals surface area contributed by atoms with Crippen LogP contribution >= 0.6 is 0 Å². The molecular weight excluding hydrogens is 524 g/mol. The van der Waals surface area contributed by atoms with E-state index in [2.05, 4.69) is 49.5 Å². The van der Waals surface area contributed by atoms with Gasteiger partial charge in [0.2, 0.25) is 0 Å². The van der Waals surface area contributed by atoms with Crippen LogP contribution in [0.2, 0.25) is 0 Å². The Morgan fingerprint density at radius 2 is 1.77 bits per heavy atom. The van der Waals surface area contributed by atoms with Gasteiger partial charge in [0.1, 0.15) is 17.9 Å². The van der Waals surface area contributed by atoms with Gasteiger partial charge in [0.25, 0.3) is 0 Å². The topological polar surface area (TPSA) is 102 Å². The van der Waals surface area contributed by atoms with Crippen molar-refractivity contribution in [2.75, 3.05) is 43.1 Å². The summed E-state index contributed by atoms with van der Waals surface area (Å²) in [6.07, 6.45) is 5.33. The van der Waals surface area contributed by atoms with Crippen LogP contribution in [-0.4, -0.2) is 70.8 Å². The monoisotopic (exact) mass is 556 g/mol. The number of nitrogens with zero attached hydrogens (tertiary/aromatic N) is 5. The molecule has 1 saturated heterocycles. The standard InChI is InChI=1S/C30H32N6O3S/c37-40(38)16-13-35(14-17-40)12-4-5-15-39-26-9-10-27-28(19-26)31-22-32-30(27)34-25-8-11-29-24(18-25)20-33-36(29)21-23-6-2-1-3-7-23/h1-3,6-11,18-20,22H,4-5,12-17,21H2,(H,31,32,34). The maximum absolute atomic E-state index is 11.6. The lowest BCUT2D eigenvalue weighted by molar-refractivity contribution is 0.262. The number of benzene rings is 3. The first kappa shape index (κ1) is 26.2.